The molecule has 2 rings (SSSR count). The van der Waals surface area contributed by atoms with Crippen LogP contribution >= 0.6 is 15.9 Å². The van der Waals surface area contributed by atoms with Crippen LogP contribution in [0.15, 0.2) is 28.0 Å². The molecule has 0 saturated carbocycles. The van der Waals surface area contributed by atoms with Crippen LogP contribution in [0, 0.1) is 0 Å². The molecule has 1 aliphatic heterocycles. The molecule has 1 unspecified atom stereocenters. The van der Waals surface area contributed by atoms with E-state index < -0.39 is 12.1 Å². The maximum atomic E-state index is 10.6. The van der Waals surface area contributed by atoms with Gasteiger partial charge in [0.2, 0.25) is 6.10 Å². The Morgan fingerprint density at radius 1 is 1.60 bits per heavy atom. The van der Waals surface area contributed by atoms with Crippen LogP contribution in [-0.2, 0) is 9.63 Å². The first-order valence-corrected chi connectivity index (χ1v) is 5.03. The molecule has 5 nitrogen and oxygen atoms in total. The van der Waals surface area contributed by atoms with Gasteiger partial charge in [0.05, 0.1) is 5.69 Å². The molecule has 1 aliphatic rings. The van der Waals surface area contributed by atoms with Crippen molar-refractivity contribution in [3.63, 3.8) is 0 Å². The van der Waals surface area contributed by atoms with Crippen molar-refractivity contribution in [1.82, 2.24) is 4.98 Å². The number of oxime groups is 1. The summed E-state index contributed by atoms with van der Waals surface area (Å²) >= 11 is 3.26. The molecular formula is C9H7BrN2O3. The molecule has 0 saturated heterocycles. The fraction of sp³-hybridized carbons (Fsp3) is 0.222. The van der Waals surface area contributed by atoms with Crippen LogP contribution in [0.2, 0.25) is 0 Å². The monoisotopic (exact) mass is 270 g/mol. The smallest absolute Gasteiger partial charge is 0.348 e. The number of carbonyl (C=O) groups is 1. The minimum atomic E-state index is -1.01. The van der Waals surface area contributed by atoms with E-state index in [9.17, 15) is 4.79 Å². The van der Waals surface area contributed by atoms with E-state index >= 15 is 0 Å². The number of aliphatic carboxylic acids is 1. The van der Waals surface area contributed by atoms with E-state index in [0.717, 1.165) is 4.47 Å². The number of carboxylic acid groups (broad SMARTS) is 1. The SMILES string of the molecule is O=C(O)C1CC(c2ccc(Br)cn2)=NO1. The Hall–Kier alpha value is -1.43. The van der Waals surface area contributed by atoms with Gasteiger partial charge >= 0.3 is 5.97 Å². The van der Waals surface area contributed by atoms with Gasteiger partial charge in [-0.1, -0.05) is 5.16 Å². The molecule has 1 N–H and O–H groups in total. The average Bonchev–Trinajstić information content (AvgIpc) is 2.68. The van der Waals surface area contributed by atoms with Crippen molar-refractivity contribution in [1.29, 1.82) is 0 Å². The highest BCUT2D eigenvalue weighted by atomic mass is 79.9. The van der Waals surface area contributed by atoms with Crippen molar-refractivity contribution in [2.45, 2.75) is 12.5 Å². The van der Waals surface area contributed by atoms with Gasteiger partial charge < -0.3 is 9.94 Å². The second-order valence-electron chi connectivity index (χ2n) is 3.04. The Morgan fingerprint density at radius 3 is 2.93 bits per heavy atom. The van der Waals surface area contributed by atoms with Crippen LogP contribution in [-0.4, -0.2) is 27.9 Å². The van der Waals surface area contributed by atoms with Crippen molar-refractivity contribution in [3.05, 3.63) is 28.5 Å². The number of nitrogens with zero attached hydrogens (tertiary/aromatic N) is 2. The predicted octanol–water partition coefficient (Wildman–Crippen LogP) is 1.42. The number of halogens is 1. The number of aromatic nitrogens is 1. The lowest BCUT2D eigenvalue weighted by atomic mass is 10.1. The lowest BCUT2D eigenvalue weighted by Crippen LogP contribution is -2.20. The molecular weight excluding hydrogens is 264 g/mol. The molecule has 0 radical (unpaired) electrons. The molecule has 0 aromatic carbocycles. The Labute approximate surface area is 93.9 Å². The molecule has 1 aromatic rings. The van der Waals surface area contributed by atoms with E-state index in [1.165, 1.54) is 0 Å². The van der Waals surface area contributed by atoms with Gasteiger partial charge in [0.15, 0.2) is 0 Å². The molecule has 0 fully saturated rings. The van der Waals surface area contributed by atoms with E-state index in [1.54, 1.807) is 12.3 Å². The highest BCUT2D eigenvalue weighted by Gasteiger charge is 2.28. The normalized spacial score (nSPS) is 19.5. The van der Waals surface area contributed by atoms with Crippen molar-refractivity contribution < 1.29 is 14.7 Å². The quantitative estimate of drug-likeness (QED) is 0.883. The van der Waals surface area contributed by atoms with E-state index in [2.05, 4.69) is 26.1 Å². The third-order valence-corrected chi connectivity index (χ3v) is 2.44. The number of hydrogen-bond donors (Lipinski definition) is 1. The minimum absolute atomic E-state index is 0.254. The van der Waals surface area contributed by atoms with Crippen LogP contribution in [0.1, 0.15) is 12.1 Å². The molecule has 6 heteroatoms. The molecule has 2 heterocycles. The second-order valence-corrected chi connectivity index (χ2v) is 3.95. The van der Waals surface area contributed by atoms with Gasteiger partial charge in [-0.2, -0.15) is 0 Å². The number of rotatable bonds is 2. The van der Waals surface area contributed by atoms with Crippen molar-refractivity contribution >= 4 is 27.6 Å². The largest absolute Gasteiger partial charge is 0.478 e. The predicted molar refractivity (Wildman–Crippen MR) is 55.6 cm³/mol. The van der Waals surface area contributed by atoms with Crippen molar-refractivity contribution in [2.75, 3.05) is 0 Å². The van der Waals surface area contributed by atoms with E-state index in [4.69, 9.17) is 9.94 Å². The summed E-state index contributed by atoms with van der Waals surface area (Å²) in [5.74, 6) is -1.01. The summed E-state index contributed by atoms with van der Waals surface area (Å²) in [6, 6.07) is 3.58. The van der Waals surface area contributed by atoms with E-state index in [1.807, 2.05) is 6.07 Å². The van der Waals surface area contributed by atoms with Gasteiger partial charge in [-0.15, -0.1) is 0 Å². The van der Waals surface area contributed by atoms with Gasteiger partial charge in [0.1, 0.15) is 5.71 Å². The first-order chi connectivity index (χ1) is 7.16. The zero-order valence-corrected chi connectivity index (χ0v) is 9.14. The zero-order chi connectivity index (χ0) is 10.8. The summed E-state index contributed by atoms with van der Waals surface area (Å²) in [5, 5.41) is 12.4. The van der Waals surface area contributed by atoms with Gasteiger partial charge in [-0.05, 0) is 28.1 Å². The van der Waals surface area contributed by atoms with Crippen LogP contribution in [0.25, 0.3) is 0 Å². The van der Waals surface area contributed by atoms with E-state index in [0.29, 0.717) is 11.4 Å². The Balaban J connectivity index is 2.14. The lowest BCUT2D eigenvalue weighted by Gasteiger charge is -1.99. The topological polar surface area (TPSA) is 71.8 Å². The van der Waals surface area contributed by atoms with E-state index in [-0.39, 0.29) is 6.42 Å². The van der Waals surface area contributed by atoms with Gasteiger partial charge in [-0.25, -0.2) is 4.79 Å². The van der Waals surface area contributed by atoms with Gasteiger partial charge in [0, 0.05) is 17.1 Å². The van der Waals surface area contributed by atoms with Crippen LogP contribution in [0.3, 0.4) is 0 Å². The fourth-order valence-corrected chi connectivity index (χ4v) is 1.44. The number of pyridine rings is 1. The summed E-state index contributed by atoms with van der Waals surface area (Å²) in [7, 11) is 0. The summed E-state index contributed by atoms with van der Waals surface area (Å²) < 4.78 is 0.862. The maximum Gasteiger partial charge on any atom is 0.348 e. The maximum absolute atomic E-state index is 10.6. The Morgan fingerprint density at radius 2 is 2.40 bits per heavy atom. The van der Waals surface area contributed by atoms with Gasteiger partial charge in [-0.3, -0.25) is 4.98 Å². The third-order valence-electron chi connectivity index (χ3n) is 1.97. The molecule has 0 aliphatic carbocycles. The first kappa shape index (κ1) is 10.1. The van der Waals surface area contributed by atoms with Crippen LogP contribution < -0.4 is 0 Å². The molecule has 15 heavy (non-hydrogen) atoms. The highest BCUT2D eigenvalue weighted by Crippen LogP contribution is 2.16. The summed E-state index contributed by atoms with van der Waals surface area (Å²) in [5.41, 5.74) is 1.21. The highest BCUT2D eigenvalue weighted by molar-refractivity contribution is 9.10. The number of carboxylic acids is 1. The zero-order valence-electron chi connectivity index (χ0n) is 7.55. The molecule has 78 valence electrons. The standard InChI is InChI=1S/C9H7BrN2O3/c10-5-1-2-6(11-4-5)7-3-8(9(13)14)15-12-7/h1-2,4,8H,3H2,(H,13,14). The Bertz CT molecular complexity index is 416. The molecule has 0 amide bonds. The molecule has 1 aromatic heterocycles. The summed E-state index contributed by atoms with van der Waals surface area (Å²) in [4.78, 5) is 19.5. The molecule has 1 atom stereocenters. The van der Waals surface area contributed by atoms with Crippen LogP contribution in [0.5, 0.6) is 0 Å². The minimum Gasteiger partial charge on any atom is -0.478 e. The summed E-state index contributed by atoms with van der Waals surface area (Å²) in [6.45, 7) is 0. The molecule has 0 bridgehead atoms. The second kappa shape index (κ2) is 3.98. The van der Waals surface area contributed by atoms with Crippen molar-refractivity contribution in [2.24, 2.45) is 5.16 Å². The fourth-order valence-electron chi connectivity index (χ4n) is 1.21. The van der Waals surface area contributed by atoms with Crippen LogP contribution in [0.4, 0.5) is 0 Å². The summed E-state index contributed by atoms with van der Waals surface area (Å²) in [6.07, 6.45) is 1.00. The Kier molecular flexibility index (Phi) is 2.68. The lowest BCUT2D eigenvalue weighted by molar-refractivity contribution is -0.148. The average molecular weight is 271 g/mol. The molecule has 0 spiro atoms. The first-order valence-electron chi connectivity index (χ1n) is 4.24. The third kappa shape index (κ3) is 2.15. The van der Waals surface area contributed by atoms with Crippen molar-refractivity contribution in [3.8, 4) is 0 Å². The number of hydrogen-bond acceptors (Lipinski definition) is 4. The van der Waals surface area contributed by atoms with Gasteiger partial charge in [0.25, 0.3) is 0 Å².